The van der Waals surface area contributed by atoms with Crippen molar-refractivity contribution >= 4 is 16.8 Å². The summed E-state index contributed by atoms with van der Waals surface area (Å²) in [6.45, 7) is 3.26. The van der Waals surface area contributed by atoms with E-state index in [9.17, 15) is 4.79 Å². The van der Waals surface area contributed by atoms with Crippen LogP contribution in [0.15, 0.2) is 59.6 Å². The Balaban J connectivity index is 1.36. The number of pyridine rings is 1. The second kappa shape index (κ2) is 7.91. The topological polar surface area (TPSA) is 95.1 Å². The van der Waals surface area contributed by atoms with E-state index in [0.29, 0.717) is 18.2 Å². The van der Waals surface area contributed by atoms with E-state index in [-0.39, 0.29) is 18.2 Å². The number of ether oxygens (including phenoxy) is 1. The number of nitrogens with zero attached hydrogens (tertiary/aromatic N) is 4. The van der Waals surface area contributed by atoms with E-state index in [0.717, 1.165) is 23.0 Å². The van der Waals surface area contributed by atoms with Crippen molar-refractivity contribution in [2.45, 2.75) is 26.6 Å². The van der Waals surface area contributed by atoms with Crippen molar-refractivity contribution in [1.82, 2.24) is 25.1 Å². The number of aryl methyl sites for hydroxylation is 1. The Morgan fingerprint density at radius 1 is 1.29 bits per heavy atom. The molecule has 8 heteroatoms. The van der Waals surface area contributed by atoms with Crippen LogP contribution in [0.3, 0.4) is 0 Å². The summed E-state index contributed by atoms with van der Waals surface area (Å²) >= 11 is 0. The SMILES string of the molecule is CCn1cc(CNC(=O)c2coc(COc3cccc4cccnc34)n2)cn1. The zero-order valence-corrected chi connectivity index (χ0v) is 15.3. The van der Waals surface area contributed by atoms with E-state index >= 15 is 0 Å². The number of aromatic nitrogens is 4. The molecular weight excluding hydrogens is 358 g/mol. The Morgan fingerprint density at radius 2 is 2.18 bits per heavy atom. The van der Waals surface area contributed by atoms with Crippen LogP contribution in [0.2, 0.25) is 0 Å². The average Bonchev–Trinajstić information content (AvgIpc) is 3.40. The molecule has 0 spiro atoms. The second-order valence-corrected chi connectivity index (χ2v) is 6.13. The van der Waals surface area contributed by atoms with Gasteiger partial charge in [0.2, 0.25) is 5.89 Å². The van der Waals surface area contributed by atoms with Gasteiger partial charge in [-0.2, -0.15) is 5.10 Å². The molecule has 0 radical (unpaired) electrons. The monoisotopic (exact) mass is 377 g/mol. The quantitative estimate of drug-likeness (QED) is 0.532. The minimum Gasteiger partial charge on any atom is -0.482 e. The first-order valence-electron chi connectivity index (χ1n) is 8.93. The Hall–Kier alpha value is -3.68. The zero-order chi connectivity index (χ0) is 19.3. The van der Waals surface area contributed by atoms with E-state index in [1.807, 2.05) is 43.5 Å². The summed E-state index contributed by atoms with van der Waals surface area (Å²) in [6, 6.07) is 9.54. The van der Waals surface area contributed by atoms with Gasteiger partial charge in [0.25, 0.3) is 5.91 Å². The molecule has 0 aliphatic heterocycles. The number of carbonyl (C=O) groups excluding carboxylic acids is 1. The van der Waals surface area contributed by atoms with Crippen molar-refractivity contribution in [3.05, 3.63) is 72.3 Å². The minimum atomic E-state index is -0.314. The molecule has 0 bridgehead atoms. The van der Waals surface area contributed by atoms with Gasteiger partial charge in [-0.15, -0.1) is 0 Å². The van der Waals surface area contributed by atoms with Crippen LogP contribution in [-0.4, -0.2) is 25.7 Å². The molecule has 1 aromatic carbocycles. The average molecular weight is 377 g/mol. The molecule has 142 valence electrons. The molecule has 0 saturated carbocycles. The molecular formula is C20H19N5O3. The number of carbonyl (C=O) groups is 1. The Morgan fingerprint density at radius 3 is 3.04 bits per heavy atom. The maximum atomic E-state index is 12.2. The molecule has 0 fully saturated rings. The zero-order valence-electron chi connectivity index (χ0n) is 15.3. The minimum absolute atomic E-state index is 0.103. The molecule has 4 rings (SSSR count). The van der Waals surface area contributed by atoms with Gasteiger partial charge >= 0.3 is 0 Å². The standard InChI is InChI=1S/C20H19N5O3/c1-2-25-11-14(10-23-25)9-22-20(26)16-12-28-18(24-16)13-27-17-7-3-5-15-6-4-8-21-19(15)17/h3-8,10-12H,2,9,13H2,1H3,(H,22,26). The van der Waals surface area contributed by atoms with Crippen molar-refractivity contribution < 1.29 is 13.9 Å². The summed E-state index contributed by atoms with van der Waals surface area (Å²) in [5.41, 5.74) is 1.89. The highest BCUT2D eigenvalue weighted by Crippen LogP contribution is 2.23. The molecule has 0 saturated heterocycles. The third-order valence-electron chi connectivity index (χ3n) is 4.20. The molecule has 3 aromatic heterocycles. The first-order chi connectivity index (χ1) is 13.7. The highest BCUT2D eigenvalue weighted by atomic mass is 16.5. The van der Waals surface area contributed by atoms with Crippen molar-refractivity contribution in [2.24, 2.45) is 0 Å². The number of oxazole rings is 1. The first-order valence-corrected chi connectivity index (χ1v) is 8.93. The number of hydrogen-bond donors (Lipinski definition) is 1. The van der Waals surface area contributed by atoms with Crippen LogP contribution in [0.5, 0.6) is 5.75 Å². The summed E-state index contributed by atoms with van der Waals surface area (Å²) in [7, 11) is 0. The fourth-order valence-corrected chi connectivity index (χ4v) is 2.76. The van der Waals surface area contributed by atoms with Crippen molar-refractivity contribution in [3.8, 4) is 5.75 Å². The van der Waals surface area contributed by atoms with E-state index < -0.39 is 0 Å². The van der Waals surface area contributed by atoms with Crippen molar-refractivity contribution in [2.75, 3.05) is 0 Å². The van der Waals surface area contributed by atoms with E-state index in [1.165, 1.54) is 6.26 Å². The molecule has 0 unspecified atom stereocenters. The number of para-hydroxylation sites is 1. The largest absolute Gasteiger partial charge is 0.482 e. The fourth-order valence-electron chi connectivity index (χ4n) is 2.76. The highest BCUT2D eigenvalue weighted by Gasteiger charge is 2.13. The number of hydrogen-bond acceptors (Lipinski definition) is 6. The fraction of sp³-hybridized carbons (Fsp3) is 0.200. The molecule has 8 nitrogen and oxygen atoms in total. The van der Waals surface area contributed by atoms with Gasteiger partial charge in [0.1, 0.15) is 17.5 Å². The van der Waals surface area contributed by atoms with Crippen molar-refractivity contribution in [3.63, 3.8) is 0 Å². The van der Waals surface area contributed by atoms with Gasteiger partial charge in [0, 0.05) is 36.4 Å². The number of nitrogens with one attached hydrogen (secondary N) is 1. The number of rotatable bonds is 7. The van der Waals surface area contributed by atoms with Gasteiger partial charge < -0.3 is 14.5 Å². The predicted molar refractivity (Wildman–Crippen MR) is 102 cm³/mol. The van der Waals surface area contributed by atoms with Gasteiger partial charge in [-0.05, 0) is 19.1 Å². The molecule has 0 atom stereocenters. The lowest BCUT2D eigenvalue weighted by Crippen LogP contribution is -2.23. The summed E-state index contributed by atoms with van der Waals surface area (Å²) in [5, 5.41) is 7.96. The summed E-state index contributed by atoms with van der Waals surface area (Å²) in [4.78, 5) is 20.8. The van der Waals surface area contributed by atoms with Crippen LogP contribution < -0.4 is 10.1 Å². The van der Waals surface area contributed by atoms with Crippen LogP contribution in [0.25, 0.3) is 10.9 Å². The third-order valence-corrected chi connectivity index (χ3v) is 4.20. The number of fused-ring (bicyclic) bond motifs is 1. The molecule has 28 heavy (non-hydrogen) atoms. The Kier molecular flexibility index (Phi) is 5.01. The van der Waals surface area contributed by atoms with Crippen LogP contribution in [0.1, 0.15) is 28.9 Å². The molecule has 4 aromatic rings. The number of amides is 1. The van der Waals surface area contributed by atoms with E-state index in [1.54, 1.807) is 17.1 Å². The highest BCUT2D eigenvalue weighted by molar-refractivity contribution is 5.91. The van der Waals surface area contributed by atoms with Crippen LogP contribution in [0.4, 0.5) is 0 Å². The molecule has 3 heterocycles. The lowest BCUT2D eigenvalue weighted by Gasteiger charge is -2.06. The van der Waals surface area contributed by atoms with Gasteiger partial charge in [0.05, 0.1) is 6.20 Å². The maximum absolute atomic E-state index is 12.2. The summed E-state index contributed by atoms with van der Waals surface area (Å²) < 4.78 is 12.9. The van der Waals surface area contributed by atoms with Crippen molar-refractivity contribution in [1.29, 1.82) is 0 Å². The summed E-state index contributed by atoms with van der Waals surface area (Å²) in [5.74, 6) is 0.637. The van der Waals surface area contributed by atoms with Gasteiger partial charge in [-0.25, -0.2) is 4.98 Å². The summed E-state index contributed by atoms with van der Waals surface area (Å²) in [6.07, 6.45) is 6.66. The molecule has 1 N–H and O–H groups in total. The molecule has 0 aliphatic rings. The Bertz CT molecular complexity index is 1100. The normalized spacial score (nSPS) is 10.9. The van der Waals surface area contributed by atoms with E-state index in [4.69, 9.17) is 9.15 Å². The first kappa shape index (κ1) is 17.7. The smallest absolute Gasteiger partial charge is 0.273 e. The van der Waals surface area contributed by atoms with Crippen LogP contribution in [0, 0.1) is 0 Å². The maximum Gasteiger partial charge on any atom is 0.273 e. The van der Waals surface area contributed by atoms with Gasteiger partial charge in [-0.1, -0.05) is 18.2 Å². The van der Waals surface area contributed by atoms with Gasteiger partial charge in [0.15, 0.2) is 12.3 Å². The second-order valence-electron chi connectivity index (χ2n) is 6.13. The van der Waals surface area contributed by atoms with Crippen LogP contribution >= 0.6 is 0 Å². The lowest BCUT2D eigenvalue weighted by molar-refractivity contribution is 0.0946. The third kappa shape index (κ3) is 3.85. The Labute approximate surface area is 161 Å². The van der Waals surface area contributed by atoms with Crippen LogP contribution in [-0.2, 0) is 19.7 Å². The predicted octanol–water partition coefficient (Wildman–Crippen LogP) is 2.95. The lowest BCUT2D eigenvalue weighted by atomic mass is 10.2. The molecule has 0 aliphatic carbocycles. The number of benzene rings is 1. The van der Waals surface area contributed by atoms with E-state index in [2.05, 4.69) is 20.4 Å². The molecule has 1 amide bonds. The van der Waals surface area contributed by atoms with Gasteiger partial charge in [-0.3, -0.25) is 14.5 Å².